The number of likely N-dealkylation sites (tertiary alicyclic amines) is 1. The zero-order chi connectivity index (χ0) is 12.0. The molecule has 94 valence electrons. The maximum absolute atomic E-state index is 12.3. The lowest BCUT2D eigenvalue weighted by Gasteiger charge is -2.26. The molecule has 0 radical (unpaired) electrons. The Morgan fingerprint density at radius 3 is 2.94 bits per heavy atom. The van der Waals surface area contributed by atoms with Gasteiger partial charge >= 0.3 is 0 Å². The number of amides is 2. The molecule has 0 aromatic rings. The van der Waals surface area contributed by atoms with E-state index >= 15 is 0 Å². The molecule has 0 saturated carbocycles. The summed E-state index contributed by atoms with van der Waals surface area (Å²) in [6.45, 7) is 5.00. The highest BCUT2D eigenvalue weighted by molar-refractivity contribution is 8.14. The molecule has 0 bridgehead atoms. The third-order valence-corrected chi connectivity index (χ3v) is 5.07. The highest BCUT2D eigenvalue weighted by Gasteiger charge is 2.45. The normalized spacial score (nSPS) is 40.5. The van der Waals surface area contributed by atoms with Gasteiger partial charge in [-0.1, -0.05) is 11.8 Å². The fourth-order valence-corrected chi connectivity index (χ4v) is 3.95. The Balaban J connectivity index is 1.69. The summed E-state index contributed by atoms with van der Waals surface area (Å²) in [6, 6.07) is -0.00765. The van der Waals surface area contributed by atoms with E-state index in [0.29, 0.717) is 23.6 Å². The quantitative estimate of drug-likeness (QED) is 0.685. The third kappa shape index (κ3) is 1.83. The van der Waals surface area contributed by atoms with Gasteiger partial charge in [0.15, 0.2) is 0 Å². The van der Waals surface area contributed by atoms with Crippen LogP contribution in [0.1, 0.15) is 6.92 Å². The number of rotatable bonds is 1. The fourth-order valence-electron chi connectivity index (χ4n) is 3.18. The first-order valence-electron chi connectivity index (χ1n) is 6.11. The molecular formula is C11H17N3O2S. The first-order chi connectivity index (χ1) is 8.16. The molecule has 3 aliphatic heterocycles. The number of hydrogen-bond donors (Lipinski definition) is 2. The van der Waals surface area contributed by atoms with Gasteiger partial charge in [0.1, 0.15) is 6.04 Å². The van der Waals surface area contributed by atoms with Gasteiger partial charge in [-0.3, -0.25) is 9.59 Å². The molecule has 6 heteroatoms. The molecule has 0 spiro atoms. The molecule has 2 N–H and O–H groups in total. The number of fused-ring (bicyclic) bond motifs is 1. The standard InChI is InChI=1S/C11H17N3O2S/c1-6-8-3-12-2-7(8)4-14(6)10(15)9-5-17-11(16)13-9/h6-9,12H,2-5H2,1H3,(H,13,16). The van der Waals surface area contributed by atoms with Crippen LogP contribution in [-0.2, 0) is 4.79 Å². The van der Waals surface area contributed by atoms with E-state index in [4.69, 9.17) is 0 Å². The predicted octanol–water partition coefficient (Wildman–Crippen LogP) is -0.122. The highest BCUT2D eigenvalue weighted by Crippen LogP contribution is 2.33. The number of thioether (sulfide) groups is 1. The molecule has 0 aliphatic carbocycles. The van der Waals surface area contributed by atoms with Gasteiger partial charge in [0.05, 0.1) is 0 Å². The van der Waals surface area contributed by atoms with Crippen LogP contribution >= 0.6 is 11.8 Å². The van der Waals surface area contributed by atoms with Crippen molar-refractivity contribution in [3.8, 4) is 0 Å². The highest BCUT2D eigenvalue weighted by atomic mass is 32.2. The second-order valence-electron chi connectivity index (χ2n) is 5.11. The maximum Gasteiger partial charge on any atom is 0.279 e. The van der Waals surface area contributed by atoms with Crippen molar-refractivity contribution >= 4 is 22.9 Å². The molecule has 3 aliphatic rings. The fraction of sp³-hybridized carbons (Fsp3) is 0.818. The van der Waals surface area contributed by atoms with Crippen LogP contribution in [0.5, 0.6) is 0 Å². The Bertz CT molecular complexity index is 363. The van der Waals surface area contributed by atoms with Crippen LogP contribution in [0.4, 0.5) is 4.79 Å². The Morgan fingerprint density at radius 2 is 2.29 bits per heavy atom. The van der Waals surface area contributed by atoms with Crippen molar-refractivity contribution in [2.45, 2.75) is 19.0 Å². The number of hydrogen-bond acceptors (Lipinski definition) is 4. The maximum atomic E-state index is 12.3. The van der Waals surface area contributed by atoms with Crippen LogP contribution in [0.3, 0.4) is 0 Å². The van der Waals surface area contributed by atoms with Crippen molar-refractivity contribution in [1.82, 2.24) is 15.5 Å². The molecule has 5 nitrogen and oxygen atoms in total. The molecule has 3 heterocycles. The van der Waals surface area contributed by atoms with Gasteiger partial charge in [0.2, 0.25) is 5.91 Å². The van der Waals surface area contributed by atoms with Gasteiger partial charge in [-0.05, 0) is 18.8 Å². The summed E-state index contributed by atoms with van der Waals surface area (Å²) in [7, 11) is 0. The van der Waals surface area contributed by atoms with E-state index < -0.39 is 0 Å². The van der Waals surface area contributed by atoms with E-state index in [9.17, 15) is 9.59 Å². The van der Waals surface area contributed by atoms with Gasteiger partial charge in [-0.15, -0.1) is 0 Å². The average molecular weight is 255 g/mol. The molecule has 17 heavy (non-hydrogen) atoms. The summed E-state index contributed by atoms with van der Waals surface area (Å²) in [4.78, 5) is 25.4. The molecule has 0 aromatic carbocycles. The van der Waals surface area contributed by atoms with E-state index in [2.05, 4.69) is 17.6 Å². The summed E-state index contributed by atoms with van der Waals surface area (Å²) in [5.74, 6) is 1.86. The lowest BCUT2D eigenvalue weighted by molar-refractivity contribution is -0.133. The summed E-state index contributed by atoms with van der Waals surface area (Å²) in [5.41, 5.74) is 0. The van der Waals surface area contributed by atoms with Gasteiger partial charge in [-0.2, -0.15) is 0 Å². The van der Waals surface area contributed by atoms with E-state index in [-0.39, 0.29) is 17.2 Å². The number of nitrogens with one attached hydrogen (secondary N) is 2. The first kappa shape index (κ1) is 11.3. The number of nitrogens with zero attached hydrogens (tertiary/aromatic N) is 1. The van der Waals surface area contributed by atoms with Crippen LogP contribution in [0, 0.1) is 11.8 Å². The number of carbonyl (C=O) groups excluding carboxylic acids is 2. The van der Waals surface area contributed by atoms with Crippen molar-refractivity contribution in [2.24, 2.45) is 11.8 Å². The molecule has 4 atom stereocenters. The zero-order valence-electron chi connectivity index (χ0n) is 9.81. The smallest absolute Gasteiger partial charge is 0.279 e. The van der Waals surface area contributed by atoms with Crippen LogP contribution in [0.15, 0.2) is 0 Å². The van der Waals surface area contributed by atoms with Crippen molar-refractivity contribution in [1.29, 1.82) is 0 Å². The molecule has 2 amide bonds. The molecule has 3 fully saturated rings. The van der Waals surface area contributed by atoms with Gasteiger partial charge < -0.3 is 15.5 Å². The minimum Gasteiger partial charge on any atom is -0.338 e. The average Bonchev–Trinajstić information content (AvgIpc) is 2.96. The summed E-state index contributed by atoms with van der Waals surface area (Å²) in [5, 5.41) is 6.04. The molecular weight excluding hydrogens is 238 g/mol. The topological polar surface area (TPSA) is 61.4 Å². The van der Waals surface area contributed by atoms with E-state index in [1.165, 1.54) is 11.8 Å². The van der Waals surface area contributed by atoms with E-state index in [0.717, 1.165) is 19.6 Å². The number of carbonyl (C=O) groups is 2. The van der Waals surface area contributed by atoms with Crippen LogP contribution in [0.2, 0.25) is 0 Å². The minimum absolute atomic E-state index is 0.0722. The van der Waals surface area contributed by atoms with E-state index in [1.54, 1.807) is 0 Å². The predicted molar refractivity (Wildman–Crippen MR) is 65.8 cm³/mol. The minimum atomic E-state index is -0.304. The summed E-state index contributed by atoms with van der Waals surface area (Å²) >= 11 is 1.21. The van der Waals surface area contributed by atoms with Crippen molar-refractivity contribution < 1.29 is 9.59 Å². The Labute approximate surface area is 105 Å². The Kier molecular flexibility index (Phi) is 2.78. The van der Waals surface area contributed by atoms with Crippen LogP contribution in [0.25, 0.3) is 0 Å². The second-order valence-corrected chi connectivity index (χ2v) is 6.10. The molecule has 4 unspecified atom stereocenters. The van der Waals surface area contributed by atoms with Gasteiger partial charge in [0.25, 0.3) is 5.24 Å². The van der Waals surface area contributed by atoms with E-state index in [1.807, 2.05) is 4.90 Å². The lowest BCUT2D eigenvalue weighted by atomic mass is 9.95. The third-order valence-electron chi connectivity index (χ3n) is 4.19. The SMILES string of the molecule is CC1C2CNCC2CN1C(=O)C1CSC(=O)N1. The Morgan fingerprint density at radius 1 is 1.47 bits per heavy atom. The van der Waals surface area contributed by atoms with Crippen LogP contribution in [-0.4, -0.2) is 53.5 Å². The lowest BCUT2D eigenvalue weighted by Crippen LogP contribution is -2.48. The summed E-state index contributed by atoms with van der Waals surface area (Å²) < 4.78 is 0. The molecule has 3 saturated heterocycles. The van der Waals surface area contributed by atoms with Crippen molar-refractivity contribution in [2.75, 3.05) is 25.4 Å². The van der Waals surface area contributed by atoms with Gasteiger partial charge in [-0.25, -0.2) is 0 Å². The molecule has 0 aromatic heterocycles. The first-order valence-corrected chi connectivity index (χ1v) is 7.10. The van der Waals surface area contributed by atoms with Crippen molar-refractivity contribution in [3.63, 3.8) is 0 Å². The summed E-state index contributed by atoms with van der Waals surface area (Å²) in [6.07, 6.45) is 0. The Hall–Kier alpha value is -0.750. The zero-order valence-corrected chi connectivity index (χ0v) is 10.6. The monoisotopic (exact) mass is 255 g/mol. The second kappa shape index (κ2) is 4.17. The molecule has 3 rings (SSSR count). The largest absolute Gasteiger partial charge is 0.338 e. The van der Waals surface area contributed by atoms with Crippen LogP contribution < -0.4 is 10.6 Å². The van der Waals surface area contributed by atoms with Gasteiger partial charge in [0, 0.05) is 31.4 Å². The van der Waals surface area contributed by atoms with Crippen molar-refractivity contribution in [3.05, 3.63) is 0 Å².